The molecule has 16 heavy (non-hydrogen) atoms. The highest BCUT2D eigenvalue weighted by Crippen LogP contribution is 2.28. The van der Waals surface area contributed by atoms with E-state index >= 15 is 0 Å². The van der Waals surface area contributed by atoms with Crippen molar-refractivity contribution in [3.05, 3.63) is 45.0 Å². The van der Waals surface area contributed by atoms with E-state index in [4.69, 9.17) is 10.5 Å². The lowest BCUT2D eigenvalue weighted by molar-refractivity contribution is 0.221. The molecule has 2 nitrogen and oxygen atoms in total. The van der Waals surface area contributed by atoms with Crippen molar-refractivity contribution in [1.29, 1.82) is 0 Å². The number of benzene rings is 1. The topological polar surface area (TPSA) is 35.2 Å². The zero-order valence-corrected chi connectivity index (χ0v) is 10.9. The molecule has 4 heteroatoms. The van der Waals surface area contributed by atoms with Gasteiger partial charge in [0.25, 0.3) is 0 Å². The molecule has 0 fully saturated rings. The molecule has 1 aliphatic heterocycles. The molecule has 1 heterocycles. The third-order valence-corrected chi connectivity index (χ3v) is 3.59. The molecular formula is C12H13FINO. The summed E-state index contributed by atoms with van der Waals surface area (Å²) in [6, 6.07) is 4.51. The van der Waals surface area contributed by atoms with Crippen molar-refractivity contribution in [2.75, 3.05) is 6.61 Å². The van der Waals surface area contributed by atoms with E-state index in [2.05, 4.69) is 22.6 Å². The highest BCUT2D eigenvalue weighted by atomic mass is 127. The van der Waals surface area contributed by atoms with Crippen molar-refractivity contribution >= 4 is 22.6 Å². The standard InChI is InChI=1S/C12H13FINO/c13-9-3-4-10(11(14)6-9)12(15)8-2-1-5-16-7-8/h3-4,6-7,12H,1-2,5,15H2. The van der Waals surface area contributed by atoms with Crippen LogP contribution in [-0.4, -0.2) is 6.61 Å². The third kappa shape index (κ3) is 2.55. The first-order chi connectivity index (χ1) is 7.68. The van der Waals surface area contributed by atoms with Crippen LogP contribution in [0.15, 0.2) is 30.0 Å². The van der Waals surface area contributed by atoms with Gasteiger partial charge in [0.15, 0.2) is 0 Å². The molecule has 0 bridgehead atoms. The average molecular weight is 333 g/mol. The van der Waals surface area contributed by atoms with Gasteiger partial charge < -0.3 is 10.5 Å². The Labute approximate surface area is 108 Å². The molecule has 2 N–H and O–H groups in total. The highest BCUT2D eigenvalue weighted by molar-refractivity contribution is 14.1. The lowest BCUT2D eigenvalue weighted by Crippen LogP contribution is -2.17. The van der Waals surface area contributed by atoms with Gasteiger partial charge in [-0.25, -0.2) is 4.39 Å². The number of hydrogen-bond donors (Lipinski definition) is 1. The smallest absolute Gasteiger partial charge is 0.124 e. The normalized spacial score (nSPS) is 17.6. The molecule has 1 unspecified atom stereocenters. The van der Waals surface area contributed by atoms with E-state index in [9.17, 15) is 4.39 Å². The molecule has 0 aromatic heterocycles. The third-order valence-electron chi connectivity index (χ3n) is 2.66. The fraction of sp³-hybridized carbons (Fsp3) is 0.333. The molecule has 0 aliphatic carbocycles. The van der Waals surface area contributed by atoms with Crippen molar-refractivity contribution in [2.24, 2.45) is 5.73 Å². The Hall–Kier alpha value is -0.620. The molecule has 0 radical (unpaired) electrons. The molecule has 1 atom stereocenters. The molecule has 1 aromatic rings. The molecule has 86 valence electrons. The van der Waals surface area contributed by atoms with Crippen LogP contribution in [0, 0.1) is 9.39 Å². The van der Waals surface area contributed by atoms with Gasteiger partial charge >= 0.3 is 0 Å². The zero-order valence-electron chi connectivity index (χ0n) is 8.75. The van der Waals surface area contributed by atoms with Gasteiger partial charge in [-0.05, 0) is 58.7 Å². The largest absolute Gasteiger partial charge is 0.501 e. The Balaban J connectivity index is 2.26. The van der Waals surface area contributed by atoms with E-state index in [1.54, 1.807) is 12.3 Å². The summed E-state index contributed by atoms with van der Waals surface area (Å²) in [6.45, 7) is 0.761. The predicted octanol–water partition coefficient (Wildman–Crippen LogP) is 3.12. The fourth-order valence-electron chi connectivity index (χ4n) is 1.77. The lowest BCUT2D eigenvalue weighted by Gasteiger charge is -2.21. The minimum Gasteiger partial charge on any atom is -0.501 e. The average Bonchev–Trinajstić information content (AvgIpc) is 2.29. The monoisotopic (exact) mass is 333 g/mol. The summed E-state index contributed by atoms with van der Waals surface area (Å²) in [4.78, 5) is 0. The second-order valence-electron chi connectivity index (χ2n) is 3.81. The number of ether oxygens (including phenoxy) is 1. The van der Waals surface area contributed by atoms with Crippen molar-refractivity contribution < 1.29 is 9.13 Å². The minimum atomic E-state index is -0.228. The summed E-state index contributed by atoms with van der Waals surface area (Å²) < 4.78 is 19.1. The summed E-state index contributed by atoms with van der Waals surface area (Å²) in [6.07, 6.45) is 3.69. The molecule has 2 rings (SSSR count). The van der Waals surface area contributed by atoms with E-state index in [-0.39, 0.29) is 11.9 Å². The summed E-state index contributed by atoms with van der Waals surface area (Å²) in [5, 5.41) is 0. The van der Waals surface area contributed by atoms with Gasteiger partial charge in [0.1, 0.15) is 5.82 Å². The van der Waals surface area contributed by atoms with Gasteiger partial charge in [-0.15, -0.1) is 0 Å². The van der Waals surface area contributed by atoms with Crippen LogP contribution in [0.2, 0.25) is 0 Å². The van der Waals surface area contributed by atoms with Crippen molar-refractivity contribution in [3.63, 3.8) is 0 Å². The van der Waals surface area contributed by atoms with Crippen LogP contribution >= 0.6 is 22.6 Å². The van der Waals surface area contributed by atoms with E-state index in [1.165, 1.54) is 12.1 Å². The maximum absolute atomic E-state index is 13.0. The predicted molar refractivity (Wildman–Crippen MR) is 69.3 cm³/mol. The van der Waals surface area contributed by atoms with Crippen LogP contribution in [0.5, 0.6) is 0 Å². The fourth-order valence-corrected chi connectivity index (χ4v) is 2.58. The molecule has 0 spiro atoms. The number of rotatable bonds is 2. The summed E-state index contributed by atoms with van der Waals surface area (Å²) >= 11 is 2.11. The minimum absolute atomic E-state index is 0.187. The maximum atomic E-state index is 13.0. The molecule has 0 amide bonds. The van der Waals surface area contributed by atoms with Crippen LogP contribution in [0.1, 0.15) is 24.4 Å². The van der Waals surface area contributed by atoms with Gasteiger partial charge in [0.05, 0.1) is 18.9 Å². The molecule has 0 saturated carbocycles. The van der Waals surface area contributed by atoms with Crippen molar-refractivity contribution in [3.8, 4) is 0 Å². The highest BCUT2D eigenvalue weighted by Gasteiger charge is 2.17. The second-order valence-corrected chi connectivity index (χ2v) is 4.97. The summed E-state index contributed by atoms with van der Waals surface area (Å²) in [5.74, 6) is -0.228. The Morgan fingerprint density at radius 3 is 2.88 bits per heavy atom. The van der Waals surface area contributed by atoms with Gasteiger partial charge in [0, 0.05) is 3.57 Å². The van der Waals surface area contributed by atoms with Gasteiger partial charge in [-0.2, -0.15) is 0 Å². The molecule has 0 saturated heterocycles. The number of hydrogen-bond acceptors (Lipinski definition) is 2. The van der Waals surface area contributed by atoms with E-state index in [0.717, 1.165) is 34.2 Å². The number of nitrogens with two attached hydrogens (primary N) is 1. The second kappa shape index (κ2) is 5.14. The van der Waals surface area contributed by atoms with Crippen LogP contribution in [-0.2, 0) is 4.74 Å². The van der Waals surface area contributed by atoms with E-state index in [0.29, 0.717) is 0 Å². The van der Waals surface area contributed by atoms with Crippen LogP contribution in [0.3, 0.4) is 0 Å². The van der Waals surface area contributed by atoms with Gasteiger partial charge in [-0.1, -0.05) is 6.07 Å². The molecule has 1 aromatic carbocycles. The first-order valence-corrected chi connectivity index (χ1v) is 6.27. The Bertz CT molecular complexity index is 419. The quantitative estimate of drug-likeness (QED) is 0.844. The van der Waals surface area contributed by atoms with Crippen LogP contribution in [0.4, 0.5) is 4.39 Å². The maximum Gasteiger partial charge on any atom is 0.124 e. The van der Waals surface area contributed by atoms with E-state index < -0.39 is 0 Å². The first-order valence-electron chi connectivity index (χ1n) is 5.19. The van der Waals surface area contributed by atoms with Gasteiger partial charge in [-0.3, -0.25) is 0 Å². The first kappa shape index (κ1) is 11.9. The van der Waals surface area contributed by atoms with Gasteiger partial charge in [0.2, 0.25) is 0 Å². The Kier molecular flexibility index (Phi) is 3.81. The Morgan fingerprint density at radius 1 is 1.44 bits per heavy atom. The van der Waals surface area contributed by atoms with E-state index in [1.807, 2.05) is 0 Å². The zero-order chi connectivity index (χ0) is 11.5. The molecule has 1 aliphatic rings. The summed E-state index contributed by atoms with van der Waals surface area (Å²) in [7, 11) is 0. The van der Waals surface area contributed by atoms with Crippen LogP contribution in [0.25, 0.3) is 0 Å². The van der Waals surface area contributed by atoms with Crippen molar-refractivity contribution in [1.82, 2.24) is 0 Å². The SMILES string of the molecule is NC(C1=COCCC1)c1ccc(F)cc1I. The Morgan fingerprint density at radius 2 is 2.25 bits per heavy atom. The summed E-state index contributed by atoms with van der Waals surface area (Å²) in [5.41, 5.74) is 8.18. The number of halogens is 2. The lowest BCUT2D eigenvalue weighted by atomic mass is 9.96. The van der Waals surface area contributed by atoms with Crippen molar-refractivity contribution in [2.45, 2.75) is 18.9 Å². The molecular weight excluding hydrogens is 320 g/mol. The van der Waals surface area contributed by atoms with Crippen LogP contribution < -0.4 is 5.73 Å².